The Labute approximate surface area is 117 Å². The summed E-state index contributed by atoms with van der Waals surface area (Å²) >= 11 is 0. The van der Waals surface area contributed by atoms with Crippen LogP contribution in [0.4, 0.5) is 0 Å². The van der Waals surface area contributed by atoms with Gasteiger partial charge in [0, 0.05) is 30.7 Å². The molecule has 1 aromatic rings. The van der Waals surface area contributed by atoms with E-state index in [1.807, 2.05) is 0 Å². The van der Waals surface area contributed by atoms with Gasteiger partial charge in [-0.2, -0.15) is 0 Å². The molecule has 0 spiro atoms. The van der Waals surface area contributed by atoms with Gasteiger partial charge in [-0.15, -0.1) is 0 Å². The van der Waals surface area contributed by atoms with Crippen molar-refractivity contribution in [2.24, 2.45) is 5.92 Å². The highest BCUT2D eigenvalue weighted by Crippen LogP contribution is 2.46. The molecule has 1 aliphatic carbocycles. The van der Waals surface area contributed by atoms with Gasteiger partial charge in [-0.3, -0.25) is 4.90 Å². The molecule has 1 aromatic carbocycles. The zero-order valence-electron chi connectivity index (χ0n) is 12.4. The number of piperazine rings is 1. The van der Waals surface area contributed by atoms with Crippen LogP contribution in [-0.2, 0) is 0 Å². The van der Waals surface area contributed by atoms with Crippen LogP contribution in [0.25, 0.3) is 0 Å². The molecule has 2 atom stereocenters. The van der Waals surface area contributed by atoms with Gasteiger partial charge in [0.1, 0.15) is 0 Å². The van der Waals surface area contributed by atoms with Crippen molar-refractivity contribution in [3.63, 3.8) is 0 Å². The van der Waals surface area contributed by atoms with Crippen molar-refractivity contribution in [3.05, 3.63) is 35.9 Å². The molecule has 104 valence electrons. The minimum Gasteiger partial charge on any atom is -0.311 e. The van der Waals surface area contributed by atoms with Crippen molar-refractivity contribution in [1.29, 1.82) is 0 Å². The zero-order chi connectivity index (χ0) is 13.5. The summed E-state index contributed by atoms with van der Waals surface area (Å²) in [4.78, 5) is 2.77. The van der Waals surface area contributed by atoms with Gasteiger partial charge >= 0.3 is 0 Å². The molecule has 1 aliphatic heterocycles. The molecule has 2 unspecified atom stereocenters. The van der Waals surface area contributed by atoms with Crippen molar-refractivity contribution in [2.75, 3.05) is 13.1 Å². The quantitative estimate of drug-likeness (QED) is 0.895. The summed E-state index contributed by atoms with van der Waals surface area (Å²) in [6, 6.07) is 12.2. The van der Waals surface area contributed by atoms with Crippen LogP contribution in [0.3, 0.4) is 0 Å². The third-order valence-corrected chi connectivity index (χ3v) is 5.00. The summed E-state index contributed by atoms with van der Waals surface area (Å²) in [6.45, 7) is 9.36. The molecular formula is C17H26N2. The number of nitrogens with one attached hydrogen (secondary N) is 1. The average Bonchev–Trinajstić information content (AvgIpc) is 3.18. The maximum atomic E-state index is 3.76. The van der Waals surface area contributed by atoms with E-state index < -0.39 is 0 Å². The molecule has 2 heteroatoms. The van der Waals surface area contributed by atoms with E-state index in [1.54, 1.807) is 0 Å². The molecule has 19 heavy (non-hydrogen) atoms. The number of nitrogens with zero attached hydrogens (tertiary/aromatic N) is 1. The van der Waals surface area contributed by atoms with Gasteiger partial charge in [0.05, 0.1) is 0 Å². The van der Waals surface area contributed by atoms with Gasteiger partial charge in [-0.1, -0.05) is 44.2 Å². The fourth-order valence-electron chi connectivity index (χ4n) is 3.26. The minimum absolute atomic E-state index is 0.454. The van der Waals surface area contributed by atoms with Crippen LogP contribution in [0.15, 0.2) is 30.3 Å². The van der Waals surface area contributed by atoms with E-state index in [0.717, 1.165) is 6.54 Å². The topological polar surface area (TPSA) is 15.3 Å². The van der Waals surface area contributed by atoms with Crippen LogP contribution in [-0.4, -0.2) is 29.6 Å². The fourth-order valence-corrected chi connectivity index (χ4v) is 3.26. The van der Waals surface area contributed by atoms with Crippen molar-refractivity contribution in [3.8, 4) is 0 Å². The van der Waals surface area contributed by atoms with Gasteiger partial charge in [-0.25, -0.2) is 0 Å². The highest BCUT2D eigenvalue weighted by molar-refractivity contribution is 5.22. The summed E-state index contributed by atoms with van der Waals surface area (Å²) in [6.07, 6.45) is 2.72. The molecule has 0 amide bonds. The summed E-state index contributed by atoms with van der Waals surface area (Å²) in [5.74, 6) is 0.710. The third-order valence-electron chi connectivity index (χ3n) is 5.00. The molecule has 2 fully saturated rings. The van der Waals surface area contributed by atoms with Crippen LogP contribution in [0, 0.1) is 5.92 Å². The first-order chi connectivity index (χ1) is 9.10. The van der Waals surface area contributed by atoms with Gasteiger partial charge < -0.3 is 5.32 Å². The Bertz CT molecular complexity index is 422. The highest BCUT2D eigenvalue weighted by atomic mass is 15.3. The summed E-state index contributed by atoms with van der Waals surface area (Å²) < 4.78 is 0. The number of rotatable bonds is 3. The lowest BCUT2D eigenvalue weighted by Gasteiger charge is -2.45. The molecule has 0 radical (unpaired) electrons. The summed E-state index contributed by atoms with van der Waals surface area (Å²) in [5.41, 5.74) is 1.92. The fraction of sp³-hybridized carbons (Fsp3) is 0.647. The van der Waals surface area contributed by atoms with Gasteiger partial charge in [0.25, 0.3) is 0 Å². The van der Waals surface area contributed by atoms with Gasteiger partial charge in [0.15, 0.2) is 0 Å². The lowest BCUT2D eigenvalue weighted by molar-refractivity contribution is 0.0637. The van der Waals surface area contributed by atoms with Crippen LogP contribution in [0.1, 0.15) is 45.2 Å². The van der Waals surface area contributed by atoms with Crippen LogP contribution in [0.5, 0.6) is 0 Å². The Morgan fingerprint density at radius 1 is 1.21 bits per heavy atom. The second-order valence-electron chi connectivity index (χ2n) is 6.83. The first kappa shape index (κ1) is 13.1. The van der Waals surface area contributed by atoms with E-state index in [1.165, 1.54) is 24.9 Å². The lowest BCUT2D eigenvalue weighted by Crippen LogP contribution is -2.57. The Kier molecular flexibility index (Phi) is 3.40. The molecule has 3 rings (SSSR count). The van der Waals surface area contributed by atoms with E-state index in [0.29, 0.717) is 23.5 Å². The van der Waals surface area contributed by atoms with Gasteiger partial charge in [0.2, 0.25) is 0 Å². The van der Waals surface area contributed by atoms with E-state index in [9.17, 15) is 0 Å². The lowest BCUT2D eigenvalue weighted by atomic mass is 9.94. The third kappa shape index (κ3) is 2.56. The average molecular weight is 258 g/mol. The van der Waals surface area contributed by atoms with Crippen molar-refractivity contribution < 1.29 is 0 Å². The first-order valence-electron chi connectivity index (χ1n) is 7.65. The van der Waals surface area contributed by atoms with Crippen molar-refractivity contribution >= 4 is 0 Å². The maximum Gasteiger partial charge on any atom is 0.0478 e. The van der Waals surface area contributed by atoms with E-state index in [4.69, 9.17) is 0 Å². The Balaban J connectivity index is 1.83. The number of hydrogen-bond donors (Lipinski definition) is 1. The summed E-state index contributed by atoms with van der Waals surface area (Å²) in [5, 5.41) is 3.76. The van der Waals surface area contributed by atoms with E-state index >= 15 is 0 Å². The maximum absolute atomic E-state index is 3.76. The molecule has 0 aromatic heterocycles. The molecule has 2 nitrogen and oxygen atoms in total. The second kappa shape index (κ2) is 4.92. The molecule has 1 N–H and O–H groups in total. The Morgan fingerprint density at radius 3 is 2.47 bits per heavy atom. The SMILES string of the molecule is CC(C)C1CN(C2(C)CC2)C(c2ccccc2)CN1. The van der Waals surface area contributed by atoms with Crippen LogP contribution in [0.2, 0.25) is 0 Å². The first-order valence-corrected chi connectivity index (χ1v) is 7.65. The largest absolute Gasteiger partial charge is 0.311 e. The smallest absolute Gasteiger partial charge is 0.0478 e. The van der Waals surface area contributed by atoms with E-state index in [2.05, 4.69) is 61.3 Å². The summed E-state index contributed by atoms with van der Waals surface area (Å²) in [7, 11) is 0. The van der Waals surface area contributed by atoms with Crippen LogP contribution < -0.4 is 5.32 Å². The monoisotopic (exact) mass is 258 g/mol. The molecule has 1 heterocycles. The van der Waals surface area contributed by atoms with Crippen LogP contribution >= 0.6 is 0 Å². The minimum atomic E-state index is 0.454. The Hall–Kier alpha value is -0.860. The van der Waals surface area contributed by atoms with Gasteiger partial charge in [-0.05, 0) is 31.2 Å². The molecular weight excluding hydrogens is 232 g/mol. The number of benzene rings is 1. The molecule has 1 saturated heterocycles. The van der Waals surface area contributed by atoms with Crippen molar-refractivity contribution in [1.82, 2.24) is 10.2 Å². The molecule has 2 aliphatic rings. The predicted octanol–water partition coefficient (Wildman–Crippen LogP) is 3.21. The molecule has 0 bridgehead atoms. The van der Waals surface area contributed by atoms with E-state index in [-0.39, 0.29) is 0 Å². The zero-order valence-corrected chi connectivity index (χ0v) is 12.4. The molecule has 1 saturated carbocycles. The number of hydrogen-bond acceptors (Lipinski definition) is 2. The Morgan fingerprint density at radius 2 is 1.89 bits per heavy atom. The van der Waals surface area contributed by atoms with Crippen molar-refractivity contribution in [2.45, 2.75) is 51.2 Å². The standard InChI is InChI=1S/C17H26N2/c1-13(2)15-12-19(17(3)9-10-17)16(11-18-15)14-7-5-4-6-8-14/h4-8,13,15-16,18H,9-12H2,1-3H3. The highest BCUT2D eigenvalue weighted by Gasteiger charge is 2.48. The predicted molar refractivity (Wildman–Crippen MR) is 80.2 cm³/mol. The normalized spacial score (nSPS) is 30.5. The second-order valence-corrected chi connectivity index (χ2v) is 6.83.